The second kappa shape index (κ2) is 11.0. The maximum atomic E-state index is 12.7. The van der Waals surface area contributed by atoms with Gasteiger partial charge in [0.25, 0.3) is 11.1 Å². The lowest BCUT2D eigenvalue weighted by molar-refractivity contribution is -0.143. The summed E-state index contributed by atoms with van der Waals surface area (Å²) >= 11 is 4.09. The van der Waals surface area contributed by atoms with Crippen LogP contribution in [-0.2, 0) is 19.1 Å². The van der Waals surface area contributed by atoms with Crippen LogP contribution in [0.15, 0.2) is 51.8 Å². The molecule has 1 aliphatic rings. The first-order valence-electron chi connectivity index (χ1n) is 9.49. The van der Waals surface area contributed by atoms with Crippen molar-refractivity contribution in [3.05, 3.63) is 57.4 Å². The second-order valence-corrected chi connectivity index (χ2v) is 8.42. The van der Waals surface area contributed by atoms with Gasteiger partial charge in [-0.1, -0.05) is 18.2 Å². The van der Waals surface area contributed by atoms with Crippen molar-refractivity contribution in [3.63, 3.8) is 0 Å². The van der Waals surface area contributed by atoms with Gasteiger partial charge in [-0.05, 0) is 63.6 Å². The summed E-state index contributed by atoms with van der Waals surface area (Å²) in [5, 5.41) is 2.10. The number of carbonyl (C=O) groups excluding carboxylic acids is 4. The number of benzene rings is 2. The predicted molar refractivity (Wildman–Crippen MR) is 126 cm³/mol. The van der Waals surface area contributed by atoms with E-state index in [2.05, 4.69) is 26.0 Å². The van der Waals surface area contributed by atoms with E-state index in [0.717, 1.165) is 16.7 Å². The number of carbonyl (C=O) groups is 4. The van der Waals surface area contributed by atoms with Crippen molar-refractivity contribution < 1.29 is 33.4 Å². The number of anilines is 1. The summed E-state index contributed by atoms with van der Waals surface area (Å²) in [6.07, 6.45) is 1.54. The molecule has 2 aromatic rings. The number of hydrogen-bond acceptors (Lipinski definition) is 8. The van der Waals surface area contributed by atoms with Crippen LogP contribution in [0.1, 0.15) is 5.56 Å². The van der Waals surface area contributed by atoms with E-state index in [9.17, 15) is 19.2 Å². The van der Waals surface area contributed by atoms with Gasteiger partial charge in [-0.15, -0.1) is 0 Å². The number of hydrogen-bond donors (Lipinski definition) is 1. The largest absolute Gasteiger partial charge is 0.495 e. The van der Waals surface area contributed by atoms with Gasteiger partial charge in [-0.3, -0.25) is 19.3 Å². The van der Waals surface area contributed by atoms with E-state index in [0.29, 0.717) is 27.2 Å². The Morgan fingerprint density at radius 3 is 2.58 bits per heavy atom. The fraction of sp³-hybridized carbons (Fsp3) is 0.182. The minimum Gasteiger partial charge on any atom is -0.495 e. The molecule has 0 spiro atoms. The van der Waals surface area contributed by atoms with E-state index in [-0.39, 0.29) is 11.5 Å². The highest BCUT2D eigenvalue weighted by Crippen LogP contribution is 2.34. The number of esters is 1. The molecule has 0 radical (unpaired) electrons. The van der Waals surface area contributed by atoms with Gasteiger partial charge in [0.1, 0.15) is 18.0 Å². The fourth-order valence-electron chi connectivity index (χ4n) is 2.79. The molecule has 2 aromatic carbocycles. The molecule has 1 fully saturated rings. The van der Waals surface area contributed by atoms with Gasteiger partial charge in [-0.25, -0.2) is 4.79 Å². The maximum Gasteiger partial charge on any atom is 0.343 e. The van der Waals surface area contributed by atoms with Crippen molar-refractivity contribution in [3.8, 4) is 11.5 Å². The maximum absolute atomic E-state index is 12.7. The van der Waals surface area contributed by atoms with Crippen molar-refractivity contribution in [2.75, 3.05) is 32.7 Å². The van der Waals surface area contributed by atoms with Crippen molar-refractivity contribution in [1.29, 1.82) is 0 Å². The predicted octanol–water partition coefficient (Wildman–Crippen LogP) is 3.68. The Morgan fingerprint density at radius 2 is 1.88 bits per heavy atom. The first kappa shape index (κ1) is 24.3. The number of nitrogens with one attached hydrogen (secondary N) is 1. The number of thioether (sulfide) groups is 1. The first-order valence-corrected chi connectivity index (χ1v) is 11.1. The first-order chi connectivity index (χ1) is 15.8. The van der Waals surface area contributed by atoms with Crippen LogP contribution in [0.2, 0.25) is 0 Å². The molecule has 0 bridgehead atoms. The van der Waals surface area contributed by atoms with E-state index >= 15 is 0 Å². The molecule has 1 saturated heterocycles. The Hall–Kier alpha value is -3.31. The van der Waals surface area contributed by atoms with E-state index in [4.69, 9.17) is 9.47 Å². The normalized spacial score (nSPS) is 14.4. The molecule has 0 saturated carbocycles. The molecule has 0 atom stereocenters. The third kappa shape index (κ3) is 6.14. The summed E-state index contributed by atoms with van der Waals surface area (Å²) in [5.74, 6) is -0.738. The molecule has 0 aliphatic carbocycles. The standard InChI is InChI=1S/C22H19BrN2O7S/c1-30-17-6-4-3-5-15(17)24-19(26)11-25-21(28)18(33-22(25)29)10-13-7-8-16(14(23)9-13)32-12-20(27)31-2/h3-10H,11-12H2,1-2H3,(H,24,26)/b18-10+. The van der Waals surface area contributed by atoms with Gasteiger partial charge in [0.15, 0.2) is 6.61 Å². The number of nitrogens with zero attached hydrogens (tertiary/aromatic N) is 1. The SMILES string of the molecule is COC(=O)COc1ccc(/C=C2/SC(=O)N(CC(=O)Nc3ccccc3OC)C2=O)cc1Br. The molecule has 33 heavy (non-hydrogen) atoms. The van der Waals surface area contributed by atoms with E-state index in [1.165, 1.54) is 20.3 Å². The zero-order chi connectivity index (χ0) is 24.0. The van der Waals surface area contributed by atoms with Gasteiger partial charge in [0.2, 0.25) is 5.91 Å². The molecule has 3 rings (SSSR count). The van der Waals surface area contributed by atoms with Crippen molar-refractivity contribution in [2.24, 2.45) is 0 Å². The zero-order valence-corrected chi connectivity index (χ0v) is 20.0. The molecule has 3 amide bonds. The monoisotopic (exact) mass is 534 g/mol. The van der Waals surface area contributed by atoms with Gasteiger partial charge >= 0.3 is 5.97 Å². The third-order valence-electron chi connectivity index (χ3n) is 4.38. The van der Waals surface area contributed by atoms with Crippen LogP contribution >= 0.6 is 27.7 Å². The highest BCUT2D eigenvalue weighted by molar-refractivity contribution is 9.10. The van der Waals surface area contributed by atoms with E-state index in [1.54, 1.807) is 42.5 Å². The van der Waals surface area contributed by atoms with Crippen LogP contribution in [0, 0.1) is 0 Å². The fourth-order valence-corrected chi connectivity index (χ4v) is 4.14. The van der Waals surface area contributed by atoms with E-state index < -0.39 is 29.6 Å². The van der Waals surface area contributed by atoms with Crippen LogP contribution in [0.3, 0.4) is 0 Å². The van der Waals surface area contributed by atoms with Gasteiger partial charge in [0, 0.05) is 0 Å². The molecule has 1 N–H and O–H groups in total. The molecular weight excluding hydrogens is 516 g/mol. The highest BCUT2D eigenvalue weighted by Gasteiger charge is 2.36. The number of rotatable bonds is 8. The summed E-state index contributed by atoms with van der Waals surface area (Å²) < 4.78 is 15.6. The molecule has 1 aliphatic heterocycles. The Bertz CT molecular complexity index is 1140. The van der Waals surface area contributed by atoms with E-state index in [1.807, 2.05) is 0 Å². The molecular formula is C22H19BrN2O7S. The number of imide groups is 1. The van der Waals surface area contributed by atoms with Crippen LogP contribution in [-0.4, -0.2) is 55.3 Å². The Kier molecular flexibility index (Phi) is 8.12. The molecule has 0 unspecified atom stereocenters. The second-order valence-electron chi connectivity index (χ2n) is 6.57. The number of halogens is 1. The van der Waals surface area contributed by atoms with Gasteiger partial charge < -0.3 is 19.5 Å². The van der Waals surface area contributed by atoms with Crippen molar-refractivity contribution in [2.45, 2.75) is 0 Å². The minimum absolute atomic E-state index is 0.181. The number of para-hydroxylation sites is 2. The number of ether oxygens (including phenoxy) is 3. The quantitative estimate of drug-likeness (QED) is 0.403. The Morgan fingerprint density at radius 1 is 1.12 bits per heavy atom. The number of amides is 3. The Balaban J connectivity index is 1.67. The summed E-state index contributed by atoms with van der Waals surface area (Å²) in [6.45, 7) is -0.672. The van der Waals surface area contributed by atoms with Gasteiger partial charge in [0.05, 0.1) is 29.3 Å². The smallest absolute Gasteiger partial charge is 0.343 e. The number of methoxy groups -OCH3 is 2. The highest BCUT2D eigenvalue weighted by atomic mass is 79.9. The topological polar surface area (TPSA) is 111 Å². The molecule has 9 nitrogen and oxygen atoms in total. The lowest BCUT2D eigenvalue weighted by atomic mass is 10.2. The molecule has 11 heteroatoms. The summed E-state index contributed by atoms with van der Waals surface area (Å²) in [5.41, 5.74) is 1.06. The van der Waals surface area contributed by atoms with Gasteiger partial charge in [-0.2, -0.15) is 0 Å². The summed E-state index contributed by atoms with van der Waals surface area (Å²) in [6, 6.07) is 11.8. The van der Waals surface area contributed by atoms with Crippen LogP contribution < -0.4 is 14.8 Å². The summed E-state index contributed by atoms with van der Waals surface area (Å²) in [4.78, 5) is 49.8. The summed E-state index contributed by atoms with van der Waals surface area (Å²) in [7, 11) is 2.74. The van der Waals surface area contributed by atoms with Crippen molar-refractivity contribution >= 4 is 62.5 Å². The van der Waals surface area contributed by atoms with Crippen LogP contribution in [0.5, 0.6) is 11.5 Å². The zero-order valence-electron chi connectivity index (χ0n) is 17.6. The lowest BCUT2D eigenvalue weighted by Crippen LogP contribution is -2.36. The average molecular weight is 535 g/mol. The third-order valence-corrected chi connectivity index (χ3v) is 5.91. The molecule has 172 valence electrons. The average Bonchev–Trinajstić information content (AvgIpc) is 3.05. The minimum atomic E-state index is -0.567. The van der Waals surface area contributed by atoms with Crippen LogP contribution in [0.25, 0.3) is 6.08 Å². The molecule has 1 heterocycles. The Labute approximate surface area is 202 Å². The lowest BCUT2D eigenvalue weighted by Gasteiger charge is -2.14. The molecule has 0 aromatic heterocycles. The van der Waals surface area contributed by atoms with Crippen LogP contribution in [0.4, 0.5) is 10.5 Å². The van der Waals surface area contributed by atoms with Crippen molar-refractivity contribution in [1.82, 2.24) is 4.90 Å².